The molecule has 2 N–H and O–H groups in total. The highest BCUT2D eigenvalue weighted by molar-refractivity contribution is 7.89. The van der Waals surface area contributed by atoms with Crippen molar-refractivity contribution in [1.82, 2.24) is 24.5 Å². The zero-order valence-corrected chi connectivity index (χ0v) is 17.0. The minimum Gasteiger partial charge on any atom is -0.366 e. The number of hydrogen-bond donors (Lipinski definition) is 2. The Morgan fingerprint density at radius 1 is 1.00 bits per heavy atom. The second-order valence-corrected chi connectivity index (χ2v) is 8.35. The number of hydrogen-bond acceptors (Lipinski definition) is 6. The standard InChI is InChI=1S/C21H20N6O2S/c1-22-30(28,29)19-7-8-20(25-14-19)24-13-17-15-27(18-5-3-2-4-6-18)26-21(17)16-9-11-23-12-10-16/h2-12,14-15,22H,13H2,1H3,(H,24,25). The van der Waals surface area contributed by atoms with Crippen molar-refractivity contribution in [1.29, 1.82) is 0 Å². The van der Waals surface area contributed by atoms with Crippen LogP contribution in [0.25, 0.3) is 16.9 Å². The van der Waals surface area contributed by atoms with Gasteiger partial charge in [-0.25, -0.2) is 22.8 Å². The summed E-state index contributed by atoms with van der Waals surface area (Å²) in [5.41, 5.74) is 3.72. The van der Waals surface area contributed by atoms with Gasteiger partial charge in [-0.1, -0.05) is 18.2 Å². The van der Waals surface area contributed by atoms with Gasteiger partial charge in [0.15, 0.2) is 0 Å². The lowest BCUT2D eigenvalue weighted by Gasteiger charge is -2.07. The highest BCUT2D eigenvalue weighted by Gasteiger charge is 2.14. The van der Waals surface area contributed by atoms with Gasteiger partial charge in [0.05, 0.1) is 11.4 Å². The van der Waals surface area contributed by atoms with E-state index in [0.29, 0.717) is 12.4 Å². The first-order valence-electron chi connectivity index (χ1n) is 9.25. The average molecular weight is 420 g/mol. The van der Waals surface area contributed by atoms with Crippen LogP contribution in [0.4, 0.5) is 5.82 Å². The summed E-state index contributed by atoms with van der Waals surface area (Å²) in [6.07, 6.45) is 6.76. The largest absolute Gasteiger partial charge is 0.366 e. The normalized spacial score (nSPS) is 11.4. The van der Waals surface area contributed by atoms with E-state index in [0.717, 1.165) is 22.5 Å². The van der Waals surface area contributed by atoms with Gasteiger partial charge in [-0.05, 0) is 43.4 Å². The van der Waals surface area contributed by atoms with Crippen LogP contribution in [-0.2, 0) is 16.6 Å². The number of sulfonamides is 1. The molecule has 0 amide bonds. The molecule has 3 heterocycles. The number of pyridine rings is 2. The zero-order valence-electron chi connectivity index (χ0n) is 16.2. The summed E-state index contributed by atoms with van der Waals surface area (Å²) < 4.78 is 27.8. The van der Waals surface area contributed by atoms with E-state index in [1.807, 2.05) is 53.3 Å². The van der Waals surface area contributed by atoms with Gasteiger partial charge < -0.3 is 5.32 Å². The highest BCUT2D eigenvalue weighted by atomic mass is 32.2. The molecule has 0 radical (unpaired) electrons. The third-order valence-corrected chi connectivity index (χ3v) is 5.94. The Bertz CT molecular complexity index is 1220. The number of anilines is 1. The van der Waals surface area contributed by atoms with Gasteiger partial charge in [0.25, 0.3) is 0 Å². The number of aromatic nitrogens is 4. The molecule has 0 spiro atoms. The summed E-state index contributed by atoms with van der Waals surface area (Å²) in [5.74, 6) is 0.568. The predicted molar refractivity (Wildman–Crippen MR) is 115 cm³/mol. The number of rotatable bonds is 7. The molecule has 3 aromatic heterocycles. The van der Waals surface area contributed by atoms with E-state index in [1.165, 1.54) is 19.3 Å². The van der Waals surface area contributed by atoms with Crippen molar-refractivity contribution in [3.8, 4) is 16.9 Å². The number of nitrogens with one attached hydrogen (secondary N) is 2. The smallest absolute Gasteiger partial charge is 0.241 e. The second kappa shape index (κ2) is 8.44. The fraction of sp³-hybridized carbons (Fsp3) is 0.0952. The lowest BCUT2D eigenvalue weighted by atomic mass is 10.1. The summed E-state index contributed by atoms with van der Waals surface area (Å²) in [6, 6.07) is 16.8. The molecule has 0 aliphatic heterocycles. The molecular weight excluding hydrogens is 400 g/mol. The van der Waals surface area contributed by atoms with Crippen LogP contribution in [0.5, 0.6) is 0 Å². The van der Waals surface area contributed by atoms with Crippen molar-refractivity contribution in [2.75, 3.05) is 12.4 Å². The molecule has 9 heteroatoms. The number of benzene rings is 1. The molecule has 0 aliphatic rings. The van der Waals surface area contributed by atoms with Crippen LogP contribution >= 0.6 is 0 Å². The van der Waals surface area contributed by atoms with Gasteiger partial charge >= 0.3 is 0 Å². The first-order valence-corrected chi connectivity index (χ1v) is 10.7. The maximum absolute atomic E-state index is 11.8. The predicted octanol–water partition coefficient (Wildman–Crippen LogP) is 2.85. The summed E-state index contributed by atoms with van der Waals surface area (Å²) in [7, 11) is -2.14. The first kappa shape index (κ1) is 19.7. The van der Waals surface area contributed by atoms with E-state index in [9.17, 15) is 8.42 Å². The van der Waals surface area contributed by atoms with Crippen LogP contribution in [0.15, 0.2) is 84.3 Å². The monoisotopic (exact) mass is 420 g/mol. The van der Waals surface area contributed by atoms with Crippen molar-refractivity contribution in [2.45, 2.75) is 11.4 Å². The highest BCUT2D eigenvalue weighted by Crippen LogP contribution is 2.24. The van der Waals surface area contributed by atoms with Gasteiger partial charge in [0.2, 0.25) is 10.0 Å². The average Bonchev–Trinajstić information content (AvgIpc) is 3.23. The molecular formula is C21H20N6O2S. The minimum atomic E-state index is -3.51. The van der Waals surface area contributed by atoms with Crippen molar-refractivity contribution >= 4 is 15.8 Å². The minimum absolute atomic E-state index is 0.116. The fourth-order valence-corrected chi connectivity index (χ4v) is 3.63. The van der Waals surface area contributed by atoms with E-state index in [-0.39, 0.29) is 4.90 Å². The van der Waals surface area contributed by atoms with Crippen LogP contribution in [0.2, 0.25) is 0 Å². The van der Waals surface area contributed by atoms with Gasteiger partial charge in [0, 0.05) is 42.5 Å². The Morgan fingerprint density at radius 2 is 1.77 bits per heavy atom. The van der Waals surface area contributed by atoms with Crippen LogP contribution in [-0.4, -0.2) is 35.2 Å². The van der Waals surface area contributed by atoms with Crippen LogP contribution < -0.4 is 10.0 Å². The third kappa shape index (κ3) is 4.22. The summed E-state index contributed by atoms with van der Waals surface area (Å²) >= 11 is 0. The maximum Gasteiger partial charge on any atom is 0.241 e. The maximum atomic E-state index is 11.8. The van der Waals surface area contributed by atoms with Crippen LogP contribution in [0, 0.1) is 0 Å². The molecule has 4 aromatic rings. The summed E-state index contributed by atoms with van der Waals surface area (Å²) in [6.45, 7) is 0.468. The Balaban J connectivity index is 1.61. The van der Waals surface area contributed by atoms with E-state index in [4.69, 9.17) is 5.10 Å². The Hall–Kier alpha value is -3.56. The zero-order chi connectivity index (χ0) is 21.0. The van der Waals surface area contributed by atoms with E-state index >= 15 is 0 Å². The van der Waals surface area contributed by atoms with Crippen LogP contribution in [0.3, 0.4) is 0 Å². The van der Waals surface area contributed by atoms with Crippen molar-refractivity contribution < 1.29 is 8.42 Å². The molecule has 0 saturated heterocycles. The van der Waals surface area contributed by atoms with E-state index in [1.54, 1.807) is 18.5 Å². The topological polar surface area (TPSA) is 102 Å². The third-order valence-electron chi connectivity index (χ3n) is 4.54. The van der Waals surface area contributed by atoms with Gasteiger partial charge in [-0.2, -0.15) is 5.10 Å². The van der Waals surface area contributed by atoms with Crippen molar-refractivity contribution in [2.24, 2.45) is 0 Å². The Labute approximate surface area is 174 Å². The van der Waals surface area contributed by atoms with Gasteiger partial charge in [0.1, 0.15) is 10.7 Å². The molecule has 0 fully saturated rings. The van der Waals surface area contributed by atoms with Gasteiger partial charge in [-0.15, -0.1) is 0 Å². The molecule has 0 unspecified atom stereocenters. The SMILES string of the molecule is CNS(=O)(=O)c1ccc(NCc2cn(-c3ccccc3)nc2-c2ccncc2)nc1. The molecule has 30 heavy (non-hydrogen) atoms. The number of nitrogens with zero attached hydrogens (tertiary/aromatic N) is 4. The Morgan fingerprint density at radius 3 is 2.43 bits per heavy atom. The molecule has 0 atom stereocenters. The summed E-state index contributed by atoms with van der Waals surface area (Å²) in [5, 5.41) is 8.00. The van der Waals surface area contributed by atoms with Crippen molar-refractivity contribution in [3.63, 3.8) is 0 Å². The second-order valence-electron chi connectivity index (χ2n) is 6.46. The van der Waals surface area contributed by atoms with Crippen molar-refractivity contribution in [3.05, 3.63) is 84.9 Å². The van der Waals surface area contributed by atoms with Crippen LogP contribution in [0.1, 0.15) is 5.56 Å². The summed E-state index contributed by atoms with van der Waals surface area (Å²) in [4.78, 5) is 8.40. The quantitative estimate of drug-likeness (QED) is 0.477. The lowest BCUT2D eigenvalue weighted by molar-refractivity contribution is 0.588. The molecule has 1 aromatic carbocycles. The fourth-order valence-electron chi connectivity index (χ4n) is 2.95. The molecule has 0 saturated carbocycles. The molecule has 8 nitrogen and oxygen atoms in total. The van der Waals surface area contributed by atoms with Gasteiger partial charge in [-0.3, -0.25) is 4.98 Å². The number of para-hydroxylation sites is 1. The molecule has 0 bridgehead atoms. The lowest BCUT2D eigenvalue weighted by Crippen LogP contribution is -2.18. The van der Waals surface area contributed by atoms with E-state index < -0.39 is 10.0 Å². The Kier molecular flexibility index (Phi) is 5.55. The molecule has 0 aliphatic carbocycles. The molecule has 152 valence electrons. The first-order chi connectivity index (χ1) is 14.6. The van der Waals surface area contributed by atoms with E-state index in [2.05, 4.69) is 20.0 Å². The molecule has 4 rings (SSSR count).